The fourth-order valence-electron chi connectivity index (χ4n) is 4.51. The molecule has 1 saturated heterocycles. The second kappa shape index (κ2) is 11.6. The molecule has 34 heavy (non-hydrogen) atoms. The lowest BCUT2D eigenvalue weighted by atomic mass is 9.95. The number of ether oxygens (including phenoxy) is 3. The number of aromatic nitrogens is 2. The predicted molar refractivity (Wildman–Crippen MR) is 129 cm³/mol. The van der Waals surface area contributed by atoms with Crippen LogP contribution in [-0.2, 0) is 4.74 Å². The standard InChI is InChI=1S/C25H31ClN4O4/c1-32-16-20-17-34-23-12-19(26)7-8-21(23)25(31)30(20)11-4-3-9-29-10-5-6-18(15-29)22-13-27-14-24(28-22)33-2/h7-8,12-14,17-18H,3-6,9-11,15-16H2,1-2H3. The van der Waals surface area contributed by atoms with Gasteiger partial charge in [0.1, 0.15) is 12.0 Å². The fourth-order valence-corrected chi connectivity index (χ4v) is 4.67. The van der Waals surface area contributed by atoms with Crippen LogP contribution in [0, 0.1) is 0 Å². The Bertz CT molecular complexity index is 1030. The molecule has 1 amide bonds. The van der Waals surface area contributed by atoms with Crippen molar-refractivity contribution in [1.29, 1.82) is 0 Å². The van der Waals surface area contributed by atoms with Crippen molar-refractivity contribution in [2.75, 3.05) is 47.0 Å². The fraction of sp³-hybridized carbons (Fsp3) is 0.480. The summed E-state index contributed by atoms with van der Waals surface area (Å²) in [6, 6.07) is 5.09. The molecule has 1 atom stereocenters. The Morgan fingerprint density at radius 2 is 2.06 bits per heavy atom. The maximum Gasteiger partial charge on any atom is 0.261 e. The van der Waals surface area contributed by atoms with E-state index in [0.717, 1.165) is 51.0 Å². The van der Waals surface area contributed by atoms with Gasteiger partial charge in [0.2, 0.25) is 5.88 Å². The molecule has 3 heterocycles. The Hall–Kier alpha value is -2.68. The average molecular weight is 487 g/mol. The van der Waals surface area contributed by atoms with Gasteiger partial charge in [-0.1, -0.05) is 11.6 Å². The molecule has 9 heteroatoms. The zero-order chi connectivity index (χ0) is 23.9. The number of likely N-dealkylation sites (tertiary alicyclic amines) is 1. The molecule has 0 N–H and O–H groups in total. The van der Waals surface area contributed by atoms with Gasteiger partial charge >= 0.3 is 0 Å². The monoisotopic (exact) mass is 486 g/mol. The number of benzene rings is 1. The van der Waals surface area contributed by atoms with E-state index in [1.807, 2.05) is 6.20 Å². The zero-order valence-corrected chi connectivity index (χ0v) is 20.5. The third kappa shape index (κ3) is 5.87. The molecule has 1 unspecified atom stereocenters. The molecule has 0 saturated carbocycles. The molecular weight excluding hydrogens is 456 g/mol. The first kappa shape index (κ1) is 24.4. The summed E-state index contributed by atoms with van der Waals surface area (Å²) in [5, 5.41) is 0.529. The number of amides is 1. The van der Waals surface area contributed by atoms with Crippen molar-refractivity contribution >= 4 is 17.5 Å². The van der Waals surface area contributed by atoms with E-state index in [9.17, 15) is 4.79 Å². The lowest BCUT2D eigenvalue weighted by Gasteiger charge is -2.32. The van der Waals surface area contributed by atoms with Gasteiger partial charge in [0.25, 0.3) is 5.91 Å². The van der Waals surface area contributed by atoms with Crippen LogP contribution in [0.1, 0.15) is 47.7 Å². The number of hydrogen-bond acceptors (Lipinski definition) is 7. The number of carbonyl (C=O) groups excluding carboxylic acids is 1. The molecule has 0 bridgehead atoms. The van der Waals surface area contributed by atoms with Crippen molar-refractivity contribution in [3.8, 4) is 11.6 Å². The summed E-state index contributed by atoms with van der Waals surface area (Å²) in [6.45, 7) is 3.90. The number of piperidine rings is 1. The van der Waals surface area contributed by atoms with Gasteiger partial charge in [-0.15, -0.1) is 0 Å². The molecule has 1 aromatic carbocycles. The van der Waals surface area contributed by atoms with Gasteiger partial charge in [-0.3, -0.25) is 9.78 Å². The van der Waals surface area contributed by atoms with E-state index in [2.05, 4.69) is 14.9 Å². The van der Waals surface area contributed by atoms with Crippen LogP contribution in [0.5, 0.6) is 11.6 Å². The van der Waals surface area contributed by atoms with Crippen molar-refractivity contribution in [2.24, 2.45) is 0 Å². The van der Waals surface area contributed by atoms with Gasteiger partial charge in [0.15, 0.2) is 0 Å². The Kier molecular flexibility index (Phi) is 8.37. The molecule has 4 rings (SSSR count). The van der Waals surface area contributed by atoms with Crippen molar-refractivity contribution < 1.29 is 19.0 Å². The molecule has 0 aliphatic carbocycles. The Morgan fingerprint density at radius 3 is 2.88 bits per heavy atom. The maximum atomic E-state index is 13.3. The molecule has 0 radical (unpaired) electrons. The summed E-state index contributed by atoms with van der Waals surface area (Å²) in [6.07, 6.45) is 9.16. The second-order valence-electron chi connectivity index (χ2n) is 8.59. The maximum absolute atomic E-state index is 13.3. The highest BCUT2D eigenvalue weighted by Gasteiger charge is 2.27. The highest BCUT2D eigenvalue weighted by atomic mass is 35.5. The average Bonchev–Trinajstić information content (AvgIpc) is 2.98. The molecule has 2 aliphatic rings. The molecule has 0 spiro atoms. The van der Waals surface area contributed by atoms with Crippen LogP contribution in [0.3, 0.4) is 0 Å². The summed E-state index contributed by atoms with van der Waals surface area (Å²) in [5.41, 5.74) is 2.20. The first-order valence-corrected chi connectivity index (χ1v) is 12.0. The van der Waals surface area contributed by atoms with Crippen LogP contribution in [0.4, 0.5) is 0 Å². The van der Waals surface area contributed by atoms with Crippen LogP contribution in [-0.4, -0.2) is 72.7 Å². The minimum absolute atomic E-state index is 0.0953. The number of hydrogen-bond donors (Lipinski definition) is 0. The SMILES string of the molecule is COCC1=COc2cc(Cl)ccc2C(=O)N1CCCCN1CCCC(c2cncc(OC)n2)C1. The molecule has 182 valence electrons. The first-order valence-electron chi connectivity index (χ1n) is 11.6. The van der Waals surface area contributed by atoms with Crippen LogP contribution >= 0.6 is 11.6 Å². The highest BCUT2D eigenvalue weighted by Crippen LogP contribution is 2.30. The summed E-state index contributed by atoms with van der Waals surface area (Å²) >= 11 is 6.08. The number of methoxy groups -OCH3 is 2. The minimum Gasteiger partial charge on any atom is -0.480 e. The van der Waals surface area contributed by atoms with Crippen molar-refractivity contribution in [2.45, 2.75) is 31.6 Å². The number of nitrogens with zero attached hydrogens (tertiary/aromatic N) is 4. The number of rotatable bonds is 9. The summed E-state index contributed by atoms with van der Waals surface area (Å²) in [7, 11) is 3.22. The van der Waals surface area contributed by atoms with Crippen molar-refractivity contribution in [3.63, 3.8) is 0 Å². The topological polar surface area (TPSA) is 77.0 Å². The number of carbonyl (C=O) groups is 1. The predicted octanol–water partition coefficient (Wildman–Crippen LogP) is 4.12. The highest BCUT2D eigenvalue weighted by molar-refractivity contribution is 6.30. The van der Waals surface area contributed by atoms with E-state index in [1.54, 1.807) is 49.8 Å². The van der Waals surface area contributed by atoms with E-state index in [1.165, 1.54) is 0 Å². The quantitative estimate of drug-likeness (QED) is 0.493. The Balaban J connectivity index is 1.33. The van der Waals surface area contributed by atoms with Gasteiger partial charge in [-0.05, 0) is 50.9 Å². The van der Waals surface area contributed by atoms with Crippen LogP contribution < -0.4 is 9.47 Å². The molecule has 1 fully saturated rings. The molecule has 2 aliphatic heterocycles. The van der Waals surface area contributed by atoms with Gasteiger partial charge in [-0.2, -0.15) is 0 Å². The lowest BCUT2D eigenvalue weighted by Crippen LogP contribution is -2.36. The van der Waals surface area contributed by atoms with Gasteiger partial charge < -0.3 is 24.0 Å². The van der Waals surface area contributed by atoms with Gasteiger partial charge in [-0.25, -0.2) is 4.98 Å². The second-order valence-corrected chi connectivity index (χ2v) is 9.03. The molecule has 8 nitrogen and oxygen atoms in total. The summed E-state index contributed by atoms with van der Waals surface area (Å²) in [5.74, 6) is 1.29. The van der Waals surface area contributed by atoms with E-state index < -0.39 is 0 Å². The van der Waals surface area contributed by atoms with Crippen LogP contribution in [0.2, 0.25) is 5.02 Å². The Morgan fingerprint density at radius 1 is 1.21 bits per heavy atom. The summed E-state index contributed by atoms with van der Waals surface area (Å²) in [4.78, 5) is 26.3. The van der Waals surface area contributed by atoms with Crippen LogP contribution in [0.25, 0.3) is 0 Å². The largest absolute Gasteiger partial charge is 0.480 e. The van der Waals surface area contributed by atoms with Gasteiger partial charge in [0.05, 0.1) is 36.9 Å². The third-order valence-electron chi connectivity index (χ3n) is 6.25. The van der Waals surface area contributed by atoms with Crippen molar-refractivity contribution in [3.05, 3.63) is 58.8 Å². The smallest absolute Gasteiger partial charge is 0.261 e. The van der Waals surface area contributed by atoms with E-state index >= 15 is 0 Å². The van der Waals surface area contributed by atoms with Crippen molar-refractivity contribution in [1.82, 2.24) is 19.8 Å². The van der Waals surface area contributed by atoms with E-state index in [-0.39, 0.29) is 5.91 Å². The molecule has 1 aromatic heterocycles. The van der Waals surface area contributed by atoms with Crippen LogP contribution in [0.15, 0.2) is 42.6 Å². The molecule has 2 aromatic rings. The number of halogens is 1. The third-order valence-corrected chi connectivity index (χ3v) is 6.49. The van der Waals surface area contributed by atoms with Gasteiger partial charge in [0, 0.05) is 43.4 Å². The molecular formula is C25H31ClN4O4. The lowest BCUT2D eigenvalue weighted by molar-refractivity contribution is 0.0771. The summed E-state index contributed by atoms with van der Waals surface area (Å²) < 4.78 is 16.3. The van der Waals surface area contributed by atoms with E-state index in [4.69, 9.17) is 25.8 Å². The van der Waals surface area contributed by atoms with E-state index in [0.29, 0.717) is 47.0 Å². The number of fused-ring (bicyclic) bond motifs is 1. The Labute approximate surface area is 205 Å². The number of unbranched alkanes of at least 4 members (excludes halogenated alkanes) is 1. The minimum atomic E-state index is -0.0953. The normalized spacial score (nSPS) is 18.7. The first-order chi connectivity index (χ1) is 16.6. The zero-order valence-electron chi connectivity index (χ0n) is 19.7.